The smallest absolute Gasteiger partial charge is 0.414 e. The number of imide groups is 1. The van der Waals surface area contributed by atoms with Crippen molar-refractivity contribution in [3.63, 3.8) is 0 Å². The molecule has 0 aliphatic carbocycles. The second-order valence-electron chi connectivity index (χ2n) is 5.81. The number of anilines is 1. The molecule has 1 atom stereocenters. The molecule has 0 fully saturated rings. The Morgan fingerprint density at radius 2 is 1.81 bits per heavy atom. The van der Waals surface area contributed by atoms with Crippen LogP contribution in [0.1, 0.15) is 34.1 Å². The van der Waals surface area contributed by atoms with Gasteiger partial charge in [0.25, 0.3) is 0 Å². The van der Waals surface area contributed by atoms with Crippen LogP contribution in [-0.2, 0) is 9.53 Å². The highest BCUT2D eigenvalue weighted by atomic mass is 35.5. The number of benzene rings is 1. The number of alkyl carbamates (subject to hydrolysis) is 1. The minimum Gasteiger partial charge on any atom is -0.444 e. The van der Waals surface area contributed by atoms with Gasteiger partial charge in [-0.05, 0) is 52.0 Å². The minimum atomic E-state index is -0.730. The fraction of sp³-hybridized carbons (Fsp3) is 0.467. The molecule has 1 rings (SSSR count). The first kappa shape index (κ1) is 17.3. The second-order valence-corrected chi connectivity index (χ2v) is 6.24. The summed E-state index contributed by atoms with van der Waals surface area (Å²) in [4.78, 5) is 23.2. The molecule has 0 saturated carbocycles. The lowest BCUT2D eigenvalue weighted by Gasteiger charge is -2.20. The molecule has 0 unspecified atom stereocenters. The van der Waals surface area contributed by atoms with Crippen LogP contribution in [0.5, 0.6) is 0 Å². The summed E-state index contributed by atoms with van der Waals surface area (Å²) in [5.41, 5.74) is 0.231. The highest BCUT2D eigenvalue weighted by molar-refractivity contribution is 6.30. The van der Waals surface area contributed by atoms with Crippen molar-refractivity contribution in [3.05, 3.63) is 29.3 Å². The quantitative estimate of drug-likeness (QED) is 0.891. The largest absolute Gasteiger partial charge is 0.444 e. The number of hydrogen-bond donors (Lipinski definition) is 2. The average molecular weight is 313 g/mol. The van der Waals surface area contributed by atoms with Crippen molar-refractivity contribution in [2.24, 2.45) is 0 Å². The van der Waals surface area contributed by atoms with Gasteiger partial charge in [-0.1, -0.05) is 11.6 Å². The van der Waals surface area contributed by atoms with Gasteiger partial charge in [-0.25, -0.2) is 4.79 Å². The maximum absolute atomic E-state index is 11.7. The number of amides is 2. The number of ether oxygens (including phenoxy) is 1. The molecular formula is C15H21ClN2O3. The number of rotatable bonds is 4. The minimum absolute atomic E-state index is 0.131. The van der Waals surface area contributed by atoms with E-state index in [1.807, 2.05) is 19.1 Å². The monoisotopic (exact) mass is 312 g/mol. The summed E-state index contributed by atoms with van der Waals surface area (Å²) < 4.78 is 5.02. The summed E-state index contributed by atoms with van der Waals surface area (Å²) in [6.45, 7) is 7.06. The summed E-state index contributed by atoms with van der Waals surface area (Å²) in [7, 11) is 0. The lowest BCUT2D eigenvalue weighted by atomic mass is 10.2. The zero-order valence-electron chi connectivity index (χ0n) is 12.7. The summed E-state index contributed by atoms with van der Waals surface area (Å²) in [6.07, 6.45) is -0.576. The molecule has 0 radical (unpaired) electrons. The van der Waals surface area contributed by atoms with Crippen LogP contribution >= 0.6 is 11.6 Å². The molecule has 0 aromatic heterocycles. The van der Waals surface area contributed by atoms with E-state index in [0.29, 0.717) is 5.02 Å². The van der Waals surface area contributed by atoms with E-state index in [4.69, 9.17) is 16.3 Å². The van der Waals surface area contributed by atoms with Crippen LogP contribution in [0.2, 0.25) is 5.02 Å². The van der Waals surface area contributed by atoms with Crippen LogP contribution in [0.25, 0.3) is 0 Å². The van der Waals surface area contributed by atoms with Gasteiger partial charge in [0.1, 0.15) is 5.60 Å². The summed E-state index contributed by atoms with van der Waals surface area (Å²) in [5.74, 6) is -0.391. The molecule has 0 spiro atoms. The SMILES string of the molecule is C[C@H](CC(=O)NC(=O)OC(C)(C)C)Nc1ccc(Cl)cc1. The van der Waals surface area contributed by atoms with E-state index in [1.54, 1.807) is 32.9 Å². The highest BCUT2D eigenvalue weighted by Gasteiger charge is 2.19. The van der Waals surface area contributed by atoms with Gasteiger partial charge in [-0.15, -0.1) is 0 Å². The Balaban J connectivity index is 2.40. The van der Waals surface area contributed by atoms with Crippen molar-refractivity contribution < 1.29 is 14.3 Å². The van der Waals surface area contributed by atoms with Crippen LogP contribution < -0.4 is 10.6 Å². The molecule has 0 bridgehead atoms. The average Bonchev–Trinajstić information content (AvgIpc) is 2.28. The number of hydrogen-bond acceptors (Lipinski definition) is 4. The summed E-state index contributed by atoms with van der Waals surface area (Å²) >= 11 is 5.80. The fourth-order valence-electron chi connectivity index (χ4n) is 1.63. The number of halogens is 1. The van der Waals surface area contributed by atoms with Crippen molar-refractivity contribution in [1.29, 1.82) is 0 Å². The van der Waals surface area contributed by atoms with Crippen molar-refractivity contribution in [2.45, 2.75) is 45.8 Å². The number of nitrogens with one attached hydrogen (secondary N) is 2. The van der Waals surface area contributed by atoms with E-state index in [1.165, 1.54) is 0 Å². The molecular weight excluding hydrogens is 292 g/mol. The normalized spacial score (nSPS) is 12.4. The van der Waals surface area contributed by atoms with E-state index in [-0.39, 0.29) is 12.5 Å². The van der Waals surface area contributed by atoms with E-state index >= 15 is 0 Å². The molecule has 1 aromatic carbocycles. The van der Waals surface area contributed by atoms with Crippen LogP contribution in [0.3, 0.4) is 0 Å². The van der Waals surface area contributed by atoms with Gasteiger partial charge < -0.3 is 10.1 Å². The highest BCUT2D eigenvalue weighted by Crippen LogP contribution is 2.15. The van der Waals surface area contributed by atoms with Crippen LogP contribution in [0.15, 0.2) is 24.3 Å². The van der Waals surface area contributed by atoms with E-state index in [0.717, 1.165) is 5.69 Å². The topological polar surface area (TPSA) is 67.4 Å². The first-order chi connectivity index (χ1) is 9.65. The van der Waals surface area contributed by atoms with E-state index < -0.39 is 17.6 Å². The molecule has 2 N–H and O–H groups in total. The molecule has 6 heteroatoms. The predicted octanol–water partition coefficient (Wildman–Crippen LogP) is 3.58. The maximum atomic E-state index is 11.7. The third kappa shape index (κ3) is 7.56. The molecule has 2 amide bonds. The van der Waals surface area contributed by atoms with E-state index in [2.05, 4.69) is 10.6 Å². The summed E-state index contributed by atoms with van der Waals surface area (Å²) in [5, 5.41) is 6.00. The van der Waals surface area contributed by atoms with Crippen LogP contribution in [-0.4, -0.2) is 23.6 Å². The van der Waals surface area contributed by atoms with Gasteiger partial charge in [0.05, 0.1) is 0 Å². The molecule has 21 heavy (non-hydrogen) atoms. The van der Waals surface area contributed by atoms with Gasteiger partial charge >= 0.3 is 6.09 Å². The lowest BCUT2D eigenvalue weighted by Crippen LogP contribution is -2.38. The Morgan fingerprint density at radius 1 is 1.24 bits per heavy atom. The van der Waals surface area contributed by atoms with Gasteiger partial charge in [0.2, 0.25) is 5.91 Å². The Bertz CT molecular complexity index is 495. The molecule has 1 aromatic rings. The van der Waals surface area contributed by atoms with Gasteiger partial charge in [-0.3, -0.25) is 10.1 Å². The molecule has 5 nitrogen and oxygen atoms in total. The number of carbonyl (C=O) groups excluding carboxylic acids is 2. The Morgan fingerprint density at radius 3 is 2.33 bits per heavy atom. The Hall–Kier alpha value is -1.75. The lowest BCUT2D eigenvalue weighted by molar-refractivity contribution is -0.120. The molecule has 0 heterocycles. The summed E-state index contributed by atoms with van der Waals surface area (Å²) in [6, 6.07) is 7.04. The molecule has 0 aliphatic heterocycles. The molecule has 116 valence electrons. The zero-order valence-corrected chi connectivity index (χ0v) is 13.5. The Labute approximate surface area is 130 Å². The van der Waals surface area contributed by atoms with Crippen molar-refractivity contribution >= 4 is 29.3 Å². The maximum Gasteiger partial charge on any atom is 0.414 e. The Kier molecular flexibility index (Phi) is 6.03. The van der Waals surface area contributed by atoms with E-state index in [9.17, 15) is 9.59 Å². The first-order valence-electron chi connectivity index (χ1n) is 6.70. The fourth-order valence-corrected chi connectivity index (χ4v) is 1.75. The van der Waals surface area contributed by atoms with Gasteiger partial charge in [0.15, 0.2) is 0 Å². The predicted molar refractivity (Wildman–Crippen MR) is 83.5 cm³/mol. The third-order valence-electron chi connectivity index (χ3n) is 2.39. The van der Waals surface area contributed by atoms with Crippen molar-refractivity contribution in [3.8, 4) is 0 Å². The second kappa shape index (κ2) is 7.31. The zero-order chi connectivity index (χ0) is 16.0. The standard InChI is InChI=1S/C15H21ClN2O3/c1-10(17-12-7-5-11(16)6-8-12)9-13(19)18-14(20)21-15(2,3)4/h5-8,10,17H,9H2,1-4H3,(H,18,19,20)/t10-/m1/s1. The van der Waals surface area contributed by atoms with Crippen LogP contribution in [0, 0.1) is 0 Å². The molecule has 0 saturated heterocycles. The van der Waals surface area contributed by atoms with Crippen LogP contribution in [0.4, 0.5) is 10.5 Å². The third-order valence-corrected chi connectivity index (χ3v) is 2.64. The van der Waals surface area contributed by atoms with Crippen molar-refractivity contribution in [2.75, 3.05) is 5.32 Å². The molecule has 0 aliphatic rings. The first-order valence-corrected chi connectivity index (χ1v) is 7.08. The van der Waals surface area contributed by atoms with Gasteiger partial charge in [0, 0.05) is 23.2 Å². The number of carbonyl (C=O) groups is 2. The van der Waals surface area contributed by atoms with Crippen molar-refractivity contribution in [1.82, 2.24) is 5.32 Å². The van der Waals surface area contributed by atoms with Gasteiger partial charge in [-0.2, -0.15) is 0 Å².